The zero-order valence-corrected chi connectivity index (χ0v) is 15.0. The summed E-state index contributed by atoms with van der Waals surface area (Å²) in [5.41, 5.74) is 2.08. The third-order valence-electron chi connectivity index (χ3n) is 4.69. The Balaban J connectivity index is 1.60. The molecule has 0 fully saturated rings. The number of benzene rings is 2. The zero-order chi connectivity index (χ0) is 19.8. The number of hydrogen-bond donors (Lipinski definition) is 1. The van der Waals surface area contributed by atoms with Gasteiger partial charge in [0.05, 0.1) is 5.92 Å². The average Bonchev–Trinajstić information content (AvgIpc) is 2.64. The van der Waals surface area contributed by atoms with E-state index in [0.717, 1.165) is 5.56 Å². The molecule has 4 rings (SSSR count). The fourth-order valence-electron chi connectivity index (χ4n) is 3.35. The summed E-state index contributed by atoms with van der Waals surface area (Å²) in [4.78, 5) is 36.3. The summed E-state index contributed by atoms with van der Waals surface area (Å²) in [6.45, 7) is 1.74. The lowest BCUT2D eigenvalue weighted by Crippen LogP contribution is -2.28. The molecule has 1 aromatic heterocycles. The smallest absolute Gasteiger partial charge is 0.336 e. The van der Waals surface area contributed by atoms with Crippen LogP contribution < -0.4 is 10.9 Å². The predicted molar refractivity (Wildman–Crippen MR) is 99.4 cm³/mol. The van der Waals surface area contributed by atoms with Gasteiger partial charge in [-0.3, -0.25) is 9.59 Å². The molecule has 0 saturated carbocycles. The first-order valence-electron chi connectivity index (χ1n) is 8.70. The molecular weight excluding hydrogens is 365 g/mol. The second-order valence-corrected chi connectivity index (χ2v) is 6.73. The molecule has 2 heterocycles. The second-order valence-electron chi connectivity index (χ2n) is 6.73. The van der Waals surface area contributed by atoms with E-state index in [-0.39, 0.29) is 24.6 Å². The Morgan fingerprint density at radius 3 is 2.86 bits per heavy atom. The standard InChI is InChI=1S/C21H16FNO5/c1-11-2-4-14-12(7-20(25)28-18(14)6-11)10-27-21(26)16-9-19(24)23-17-8-13(22)3-5-15(16)17/h2-8,16H,9-10H2,1H3,(H,23,24). The van der Waals surface area contributed by atoms with Gasteiger partial charge in [0.15, 0.2) is 0 Å². The van der Waals surface area contributed by atoms with Crippen molar-refractivity contribution < 1.29 is 23.1 Å². The highest BCUT2D eigenvalue weighted by atomic mass is 19.1. The van der Waals surface area contributed by atoms with Crippen molar-refractivity contribution in [2.45, 2.75) is 25.9 Å². The van der Waals surface area contributed by atoms with Crippen molar-refractivity contribution >= 4 is 28.5 Å². The van der Waals surface area contributed by atoms with E-state index in [4.69, 9.17) is 9.15 Å². The largest absolute Gasteiger partial charge is 0.460 e. The Bertz CT molecular complexity index is 1170. The third-order valence-corrected chi connectivity index (χ3v) is 4.69. The molecule has 1 aliphatic rings. The first-order chi connectivity index (χ1) is 13.4. The van der Waals surface area contributed by atoms with Gasteiger partial charge in [-0.15, -0.1) is 0 Å². The fourth-order valence-corrected chi connectivity index (χ4v) is 3.35. The molecule has 6 nitrogen and oxygen atoms in total. The molecule has 1 N–H and O–H groups in total. The lowest BCUT2D eigenvalue weighted by Gasteiger charge is -2.24. The first kappa shape index (κ1) is 17.9. The van der Waals surface area contributed by atoms with Crippen molar-refractivity contribution in [2.24, 2.45) is 0 Å². The quantitative estimate of drug-likeness (QED) is 0.555. The van der Waals surface area contributed by atoms with Gasteiger partial charge >= 0.3 is 11.6 Å². The summed E-state index contributed by atoms with van der Waals surface area (Å²) in [6.07, 6.45) is -0.0890. The maximum atomic E-state index is 13.4. The zero-order valence-electron chi connectivity index (χ0n) is 15.0. The molecule has 0 spiro atoms. The number of esters is 1. The number of carbonyl (C=O) groups is 2. The van der Waals surface area contributed by atoms with Crippen LogP contribution in [-0.2, 0) is 20.9 Å². The first-order valence-corrected chi connectivity index (χ1v) is 8.70. The van der Waals surface area contributed by atoms with Crippen LogP contribution in [0.15, 0.2) is 51.7 Å². The van der Waals surface area contributed by atoms with Gasteiger partial charge in [-0.1, -0.05) is 18.2 Å². The molecule has 1 amide bonds. The number of hydrogen-bond acceptors (Lipinski definition) is 5. The molecule has 0 bridgehead atoms. The van der Waals surface area contributed by atoms with Crippen LogP contribution in [0, 0.1) is 12.7 Å². The molecule has 142 valence electrons. The highest BCUT2D eigenvalue weighted by Gasteiger charge is 2.32. The number of nitrogens with one attached hydrogen (secondary N) is 1. The molecule has 28 heavy (non-hydrogen) atoms. The molecule has 7 heteroatoms. The molecule has 1 atom stereocenters. The van der Waals surface area contributed by atoms with Crippen molar-refractivity contribution in [3.63, 3.8) is 0 Å². The number of carbonyl (C=O) groups excluding carboxylic acids is 2. The molecule has 3 aromatic rings. The van der Waals surface area contributed by atoms with Gasteiger partial charge in [-0.2, -0.15) is 0 Å². The molecule has 0 radical (unpaired) electrons. The van der Waals surface area contributed by atoms with E-state index in [0.29, 0.717) is 22.1 Å². The summed E-state index contributed by atoms with van der Waals surface area (Å²) in [6, 6.07) is 10.5. The van der Waals surface area contributed by atoms with E-state index in [1.54, 1.807) is 12.1 Å². The Kier molecular flexibility index (Phi) is 4.43. The van der Waals surface area contributed by atoms with E-state index in [9.17, 15) is 18.8 Å². The van der Waals surface area contributed by atoms with Crippen LogP contribution >= 0.6 is 0 Å². The van der Waals surface area contributed by atoms with Crippen LogP contribution in [-0.4, -0.2) is 11.9 Å². The molecule has 0 aliphatic carbocycles. The van der Waals surface area contributed by atoms with Crippen LogP contribution in [0.4, 0.5) is 10.1 Å². The monoisotopic (exact) mass is 381 g/mol. The van der Waals surface area contributed by atoms with Crippen LogP contribution in [0.25, 0.3) is 11.0 Å². The normalized spacial score (nSPS) is 15.8. The van der Waals surface area contributed by atoms with Crippen molar-refractivity contribution in [1.82, 2.24) is 0 Å². The third kappa shape index (κ3) is 3.38. The maximum Gasteiger partial charge on any atom is 0.336 e. The Hall–Kier alpha value is -3.48. The van der Waals surface area contributed by atoms with Gasteiger partial charge in [0, 0.05) is 29.1 Å². The van der Waals surface area contributed by atoms with E-state index < -0.39 is 23.3 Å². The summed E-state index contributed by atoms with van der Waals surface area (Å²) in [5.74, 6) is -2.35. The van der Waals surface area contributed by atoms with Gasteiger partial charge in [0.2, 0.25) is 5.91 Å². The SMILES string of the molecule is Cc1ccc2c(COC(=O)C3CC(=O)Nc4cc(F)ccc43)cc(=O)oc2c1. The number of amides is 1. The maximum absolute atomic E-state index is 13.4. The molecule has 1 unspecified atom stereocenters. The number of rotatable bonds is 3. The summed E-state index contributed by atoms with van der Waals surface area (Å²) in [5, 5.41) is 3.22. The lowest BCUT2D eigenvalue weighted by atomic mass is 9.90. The fraction of sp³-hybridized carbons (Fsp3) is 0.190. The molecule has 1 aliphatic heterocycles. The van der Waals surface area contributed by atoms with Crippen molar-refractivity contribution in [3.05, 3.63) is 75.4 Å². The predicted octanol–water partition coefficient (Wildman–Crippen LogP) is 3.41. The van der Waals surface area contributed by atoms with Gasteiger partial charge in [0.1, 0.15) is 18.0 Å². The van der Waals surface area contributed by atoms with Gasteiger partial charge in [0.25, 0.3) is 0 Å². The minimum Gasteiger partial charge on any atom is -0.460 e. The Morgan fingerprint density at radius 1 is 1.21 bits per heavy atom. The molecule has 2 aromatic carbocycles. The van der Waals surface area contributed by atoms with E-state index >= 15 is 0 Å². The van der Waals surface area contributed by atoms with E-state index in [1.165, 1.54) is 24.3 Å². The van der Waals surface area contributed by atoms with Crippen LogP contribution in [0.3, 0.4) is 0 Å². The topological polar surface area (TPSA) is 85.6 Å². The number of aryl methyl sites for hydroxylation is 1. The Morgan fingerprint density at radius 2 is 2.04 bits per heavy atom. The highest BCUT2D eigenvalue weighted by molar-refractivity contribution is 6.00. The van der Waals surface area contributed by atoms with Gasteiger partial charge in [-0.25, -0.2) is 9.18 Å². The summed E-state index contributed by atoms with van der Waals surface area (Å²) >= 11 is 0. The minimum absolute atomic E-state index is 0.0890. The average molecular weight is 381 g/mol. The van der Waals surface area contributed by atoms with Gasteiger partial charge < -0.3 is 14.5 Å². The van der Waals surface area contributed by atoms with Crippen molar-refractivity contribution in [2.75, 3.05) is 5.32 Å². The van der Waals surface area contributed by atoms with Crippen LogP contribution in [0.1, 0.15) is 29.0 Å². The molecular formula is C21H16FNO5. The Labute approximate surface area is 158 Å². The lowest BCUT2D eigenvalue weighted by molar-refractivity contribution is -0.148. The minimum atomic E-state index is -0.835. The number of fused-ring (bicyclic) bond motifs is 2. The highest BCUT2D eigenvalue weighted by Crippen LogP contribution is 2.34. The van der Waals surface area contributed by atoms with Crippen LogP contribution in [0.2, 0.25) is 0 Å². The second kappa shape index (κ2) is 6.92. The van der Waals surface area contributed by atoms with Crippen molar-refractivity contribution in [3.8, 4) is 0 Å². The van der Waals surface area contributed by atoms with E-state index in [2.05, 4.69) is 5.32 Å². The number of ether oxygens (including phenoxy) is 1. The van der Waals surface area contributed by atoms with Crippen LogP contribution in [0.5, 0.6) is 0 Å². The van der Waals surface area contributed by atoms with Gasteiger partial charge in [-0.05, 0) is 36.2 Å². The number of halogens is 1. The summed E-state index contributed by atoms with van der Waals surface area (Å²) in [7, 11) is 0. The molecule has 0 saturated heterocycles. The summed E-state index contributed by atoms with van der Waals surface area (Å²) < 4.78 is 24.0. The van der Waals surface area contributed by atoms with E-state index in [1.807, 2.05) is 13.0 Å². The van der Waals surface area contributed by atoms with Crippen molar-refractivity contribution in [1.29, 1.82) is 0 Å². The number of anilines is 1.